The van der Waals surface area contributed by atoms with E-state index in [-0.39, 0.29) is 24.6 Å². The summed E-state index contributed by atoms with van der Waals surface area (Å²) in [4.78, 5) is 32.2. The fourth-order valence-corrected chi connectivity index (χ4v) is 5.85. The molecule has 210 valence electrons. The van der Waals surface area contributed by atoms with E-state index in [0.717, 1.165) is 11.1 Å². The van der Waals surface area contributed by atoms with Crippen LogP contribution in [0.2, 0.25) is 0 Å². The van der Waals surface area contributed by atoms with Crippen LogP contribution in [-0.4, -0.2) is 17.1 Å². The first-order valence-electron chi connectivity index (χ1n) is 13.5. The first-order valence-corrected chi connectivity index (χ1v) is 14.3. The van der Waals surface area contributed by atoms with Gasteiger partial charge in [0.1, 0.15) is 18.2 Å². The van der Waals surface area contributed by atoms with E-state index < -0.39 is 12.0 Å². The summed E-state index contributed by atoms with van der Waals surface area (Å²) in [6.07, 6.45) is 1.75. The average molecular weight is 571 g/mol. The van der Waals surface area contributed by atoms with Crippen molar-refractivity contribution in [2.75, 3.05) is 6.61 Å². The van der Waals surface area contributed by atoms with Crippen LogP contribution in [0.3, 0.4) is 0 Å². The minimum atomic E-state index is -0.679. The number of carbonyl (C=O) groups is 1. The largest absolute Gasteiger partial charge is 0.488 e. The number of para-hydroxylation sites is 1. The summed E-state index contributed by atoms with van der Waals surface area (Å²) < 4.78 is 27.5. The Balaban J connectivity index is 1.60. The van der Waals surface area contributed by atoms with Crippen LogP contribution in [0.1, 0.15) is 61.9 Å². The lowest BCUT2D eigenvalue weighted by atomic mass is 9.93. The van der Waals surface area contributed by atoms with Crippen LogP contribution in [-0.2, 0) is 16.1 Å². The van der Waals surface area contributed by atoms with Gasteiger partial charge in [-0.15, -0.1) is 0 Å². The van der Waals surface area contributed by atoms with Crippen LogP contribution >= 0.6 is 11.3 Å². The van der Waals surface area contributed by atoms with Gasteiger partial charge in [-0.1, -0.05) is 85.8 Å². The van der Waals surface area contributed by atoms with Crippen LogP contribution in [0.4, 0.5) is 4.39 Å². The lowest BCUT2D eigenvalue weighted by Gasteiger charge is -2.25. The third-order valence-corrected chi connectivity index (χ3v) is 7.97. The molecule has 0 bridgehead atoms. The summed E-state index contributed by atoms with van der Waals surface area (Å²) in [7, 11) is 0. The van der Waals surface area contributed by atoms with Crippen molar-refractivity contribution in [1.82, 2.24) is 4.57 Å². The van der Waals surface area contributed by atoms with Gasteiger partial charge in [-0.05, 0) is 49.1 Å². The van der Waals surface area contributed by atoms with Gasteiger partial charge < -0.3 is 9.47 Å². The second-order valence-corrected chi connectivity index (χ2v) is 11.1. The smallest absolute Gasteiger partial charge is 0.338 e. The minimum absolute atomic E-state index is 0.0489. The van der Waals surface area contributed by atoms with E-state index in [1.54, 1.807) is 48.8 Å². The summed E-state index contributed by atoms with van der Waals surface area (Å²) in [5.41, 5.74) is 3.66. The standard InChI is InChI=1S/C33H31FN2O4S/c1-5-39-32(38)29-21(4)35-33-36(30(29)23-16-14-22(15-17-23)20(2)3)31(37)28(41-33)18-24-10-7-9-13-27(24)40-19-25-11-6-8-12-26(25)34/h6-18,20,30H,5,19H2,1-4H3/b28-18+/t30-/m1/s1. The monoisotopic (exact) mass is 570 g/mol. The molecule has 0 spiro atoms. The number of halogens is 1. The van der Waals surface area contributed by atoms with Crippen molar-refractivity contribution in [1.29, 1.82) is 0 Å². The molecule has 0 unspecified atom stereocenters. The molecule has 0 N–H and O–H groups in total. The number of benzene rings is 3. The van der Waals surface area contributed by atoms with Gasteiger partial charge in [0.2, 0.25) is 0 Å². The van der Waals surface area contributed by atoms with Gasteiger partial charge in [0.15, 0.2) is 4.80 Å². The van der Waals surface area contributed by atoms with Crippen LogP contribution in [0.15, 0.2) is 93.9 Å². The number of rotatable bonds is 8. The summed E-state index contributed by atoms with van der Waals surface area (Å²) >= 11 is 1.25. The van der Waals surface area contributed by atoms with E-state index in [4.69, 9.17) is 9.47 Å². The average Bonchev–Trinajstić information content (AvgIpc) is 3.26. The number of nitrogens with zero attached hydrogens (tertiary/aromatic N) is 2. The van der Waals surface area contributed by atoms with Gasteiger partial charge in [0.05, 0.1) is 28.5 Å². The Morgan fingerprint density at radius 1 is 1.07 bits per heavy atom. The molecular weight excluding hydrogens is 539 g/mol. The summed E-state index contributed by atoms with van der Waals surface area (Å²) in [6.45, 7) is 8.01. The van der Waals surface area contributed by atoms with E-state index in [2.05, 4.69) is 18.8 Å². The lowest BCUT2D eigenvalue weighted by molar-refractivity contribution is -0.139. The van der Waals surface area contributed by atoms with E-state index in [1.165, 1.54) is 17.4 Å². The molecular formula is C33H31FN2O4S. The third-order valence-electron chi connectivity index (χ3n) is 6.98. The first kappa shape index (κ1) is 28.2. The minimum Gasteiger partial charge on any atom is -0.488 e. The van der Waals surface area contributed by atoms with Crippen LogP contribution in [0.25, 0.3) is 6.08 Å². The molecule has 2 heterocycles. The Morgan fingerprint density at radius 2 is 1.78 bits per heavy atom. The molecule has 0 radical (unpaired) electrons. The van der Waals surface area contributed by atoms with E-state index in [0.29, 0.717) is 43.4 Å². The number of ether oxygens (including phenoxy) is 2. The Labute approximate surface area is 241 Å². The molecule has 0 saturated carbocycles. The number of allylic oxidation sites excluding steroid dienone is 1. The quantitative estimate of drug-likeness (QED) is 0.257. The number of carbonyl (C=O) groups excluding carboxylic acids is 1. The molecule has 1 aliphatic heterocycles. The topological polar surface area (TPSA) is 69.9 Å². The van der Waals surface area contributed by atoms with Gasteiger partial charge in [0, 0.05) is 11.1 Å². The van der Waals surface area contributed by atoms with Crippen molar-refractivity contribution >= 4 is 23.4 Å². The molecule has 0 amide bonds. The molecule has 8 heteroatoms. The fourth-order valence-electron chi connectivity index (χ4n) is 4.81. The molecule has 1 aromatic heterocycles. The van der Waals surface area contributed by atoms with Crippen molar-refractivity contribution in [3.8, 4) is 5.75 Å². The van der Waals surface area contributed by atoms with Gasteiger partial charge in [-0.25, -0.2) is 14.2 Å². The first-order chi connectivity index (χ1) is 19.8. The Bertz CT molecular complexity index is 1800. The molecule has 0 aliphatic carbocycles. The third kappa shape index (κ3) is 5.79. The maximum Gasteiger partial charge on any atom is 0.338 e. The van der Waals surface area contributed by atoms with Gasteiger partial charge in [-0.2, -0.15) is 0 Å². The SMILES string of the molecule is CCOC(=O)C1=C(C)N=c2s/c(=C/c3ccccc3OCc3ccccc3F)c(=O)n2[C@@H]1c1ccc(C(C)C)cc1. The summed E-state index contributed by atoms with van der Waals surface area (Å²) in [6, 6.07) is 21.0. The zero-order chi connectivity index (χ0) is 29.1. The van der Waals surface area contributed by atoms with Crippen molar-refractivity contribution < 1.29 is 18.7 Å². The number of hydrogen-bond donors (Lipinski definition) is 0. The van der Waals surface area contributed by atoms with Crippen LogP contribution < -0.4 is 19.6 Å². The van der Waals surface area contributed by atoms with Crippen LogP contribution in [0, 0.1) is 5.82 Å². The lowest BCUT2D eigenvalue weighted by Crippen LogP contribution is -2.39. The van der Waals surface area contributed by atoms with Crippen LogP contribution in [0.5, 0.6) is 5.75 Å². The predicted octanol–water partition coefficient (Wildman–Crippen LogP) is 5.64. The van der Waals surface area contributed by atoms with E-state index in [1.807, 2.05) is 42.5 Å². The highest BCUT2D eigenvalue weighted by atomic mass is 32.1. The van der Waals surface area contributed by atoms with Gasteiger partial charge in [0.25, 0.3) is 5.56 Å². The van der Waals surface area contributed by atoms with Crippen molar-refractivity contribution in [3.05, 3.63) is 132 Å². The molecule has 4 aromatic rings. The number of thiazole rings is 1. The Hall–Kier alpha value is -4.30. The molecule has 0 fully saturated rings. The molecule has 5 rings (SSSR count). The fraction of sp³-hybridized carbons (Fsp3) is 0.242. The molecule has 1 atom stereocenters. The predicted molar refractivity (Wildman–Crippen MR) is 158 cm³/mol. The highest BCUT2D eigenvalue weighted by molar-refractivity contribution is 7.07. The normalized spacial score (nSPS) is 15.1. The van der Waals surface area contributed by atoms with E-state index in [9.17, 15) is 14.0 Å². The van der Waals surface area contributed by atoms with Crippen molar-refractivity contribution in [3.63, 3.8) is 0 Å². The number of esters is 1. The molecule has 0 saturated heterocycles. The molecule has 1 aliphatic rings. The zero-order valence-electron chi connectivity index (χ0n) is 23.4. The Kier molecular flexibility index (Phi) is 8.31. The summed E-state index contributed by atoms with van der Waals surface area (Å²) in [5, 5.41) is 0. The number of aromatic nitrogens is 1. The number of hydrogen-bond acceptors (Lipinski definition) is 6. The summed E-state index contributed by atoms with van der Waals surface area (Å²) in [5.74, 6) is 0.0275. The molecule has 41 heavy (non-hydrogen) atoms. The molecule has 3 aromatic carbocycles. The second kappa shape index (κ2) is 12.1. The van der Waals surface area contributed by atoms with Gasteiger partial charge >= 0.3 is 5.97 Å². The molecule has 6 nitrogen and oxygen atoms in total. The second-order valence-electron chi connectivity index (χ2n) is 10.0. The highest BCUT2D eigenvalue weighted by Crippen LogP contribution is 2.31. The maximum atomic E-state index is 14.2. The van der Waals surface area contributed by atoms with Crippen molar-refractivity contribution in [2.45, 2.75) is 46.3 Å². The maximum absolute atomic E-state index is 14.2. The van der Waals surface area contributed by atoms with Gasteiger partial charge in [-0.3, -0.25) is 9.36 Å². The number of fused-ring (bicyclic) bond motifs is 1. The van der Waals surface area contributed by atoms with Crippen molar-refractivity contribution in [2.24, 2.45) is 4.99 Å². The van der Waals surface area contributed by atoms with E-state index >= 15 is 0 Å². The zero-order valence-corrected chi connectivity index (χ0v) is 24.2. The Morgan fingerprint density at radius 3 is 2.49 bits per heavy atom. The highest BCUT2D eigenvalue weighted by Gasteiger charge is 2.33.